The third kappa shape index (κ3) is 4.50. The Morgan fingerprint density at radius 2 is 2.16 bits per heavy atom. The highest BCUT2D eigenvalue weighted by Crippen LogP contribution is 2.32. The zero-order valence-electron chi connectivity index (χ0n) is 12.0. The van der Waals surface area contributed by atoms with Gasteiger partial charge < -0.3 is 10.6 Å². The third-order valence-electron chi connectivity index (χ3n) is 3.61. The summed E-state index contributed by atoms with van der Waals surface area (Å²) in [7, 11) is 0. The maximum Gasteiger partial charge on any atom is 0.0377 e. The SMILES string of the molecule is CCCN(CC1CC1)c1ccc(CC(C)N)c(Br)c1. The lowest BCUT2D eigenvalue weighted by Crippen LogP contribution is -2.26. The highest BCUT2D eigenvalue weighted by atomic mass is 79.9. The van der Waals surface area contributed by atoms with Gasteiger partial charge in [0.2, 0.25) is 0 Å². The van der Waals surface area contributed by atoms with Crippen LogP contribution in [-0.4, -0.2) is 19.1 Å². The van der Waals surface area contributed by atoms with Crippen LogP contribution in [0.5, 0.6) is 0 Å². The average molecular weight is 325 g/mol. The monoisotopic (exact) mass is 324 g/mol. The Labute approximate surface area is 125 Å². The van der Waals surface area contributed by atoms with Gasteiger partial charge in [-0.3, -0.25) is 0 Å². The van der Waals surface area contributed by atoms with Crippen molar-refractivity contribution in [1.82, 2.24) is 0 Å². The van der Waals surface area contributed by atoms with Crippen LogP contribution in [0.2, 0.25) is 0 Å². The molecule has 1 aromatic rings. The molecule has 0 bridgehead atoms. The second-order valence-corrected chi connectivity index (χ2v) is 6.70. The summed E-state index contributed by atoms with van der Waals surface area (Å²) in [5.41, 5.74) is 8.53. The molecule has 0 saturated heterocycles. The topological polar surface area (TPSA) is 29.3 Å². The summed E-state index contributed by atoms with van der Waals surface area (Å²) in [5.74, 6) is 0.925. The molecule has 2 rings (SSSR count). The predicted molar refractivity (Wildman–Crippen MR) is 86.7 cm³/mol. The van der Waals surface area contributed by atoms with E-state index in [1.165, 1.54) is 41.5 Å². The molecule has 1 saturated carbocycles. The van der Waals surface area contributed by atoms with E-state index in [2.05, 4.69) is 52.9 Å². The summed E-state index contributed by atoms with van der Waals surface area (Å²) in [6.07, 6.45) is 4.94. The molecule has 1 atom stereocenters. The summed E-state index contributed by atoms with van der Waals surface area (Å²) in [4.78, 5) is 2.53. The fraction of sp³-hybridized carbons (Fsp3) is 0.625. The zero-order valence-corrected chi connectivity index (χ0v) is 13.6. The second kappa shape index (κ2) is 6.76. The van der Waals surface area contributed by atoms with Crippen molar-refractivity contribution >= 4 is 21.6 Å². The fourth-order valence-corrected chi connectivity index (χ4v) is 2.98. The standard InChI is InChI=1S/C16H25BrN2/c1-3-8-19(11-13-4-5-13)15-7-6-14(9-12(2)18)16(17)10-15/h6-7,10,12-13H,3-5,8-9,11,18H2,1-2H3. The Morgan fingerprint density at radius 1 is 1.42 bits per heavy atom. The van der Waals surface area contributed by atoms with Gasteiger partial charge in [-0.15, -0.1) is 0 Å². The summed E-state index contributed by atoms with van der Waals surface area (Å²) >= 11 is 3.69. The Kier molecular flexibility index (Phi) is 5.28. The lowest BCUT2D eigenvalue weighted by Gasteiger charge is -2.25. The molecular weight excluding hydrogens is 300 g/mol. The first-order chi connectivity index (χ1) is 9.10. The Morgan fingerprint density at radius 3 is 2.68 bits per heavy atom. The molecule has 19 heavy (non-hydrogen) atoms. The molecule has 1 aliphatic rings. The number of nitrogens with zero attached hydrogens (tertiary/aromatic N) is 1. The lowest BCUT2D eigenvalue weighted by atomic mass is 10.1. The summed E-state index contributed by atoms with van der Waals surface area (Å²) in [6, 6.07) is 6.94. The van der Waals surface area contributed by atoms with Crippen LogP contribution in [0.15, 0.2) is 22.7 Å². The van der Waals surface area contributed by atoms with Crippen molar-refractivity contribution < 1.29 is 0 Å². The molecule has 3 heteroatoms. The van der Waals surface area contributed by atoms with E-state index >= 15 is 0 Å². The van der Waals surface area contributed by atoms with E-state index in [-0.39, 0.29) is 6.04 Å². The van der Waals surface area contributed by atoms with Crippen LogP contribution in [0.3, 0.4) is 0 Å². The van der Waals surface area contributed by atoms with Crippen LogP contribution in [0.1, 0.15) is 38.7 Å². The van der Waals surface area contributed by atoms with Gasteiger partial charge in [-0.2, -0.15) is 0 Å². The molecule has 1 aromatic carbocycles. The van der Waals surface area contributed by atoms with Crippen LogP contribution in [0.4, 0.5) is 5.69 Å². The molecule has 1 unspecified atom stereocenters. The minimum absolute atomic E-state index is 0.209. The van der Waals surface area contributed by atoms with Crippen molar-refractivity contribution in [1.29, 1.82) is 0 Å². The number of hydrogen-bond donors (Lipinski definition) is 1. The van der Waals surface area contributed by atoms with Crippen molar-refractivity contribution in [3.63, 3.8) is 0 Å². The quantitative estimate of drug-likeness (QED) is 0.822. The molecule has 0 heterocycles. The number of halogens is 1. The van der Waals surface area contributed by atoms with E-state index in [4.69, 9.17) is 5.73 Å². The van der Waals surface area contributed by atoms with Gasteiger partial charge in [0.25, 0.3) is 0 Å². The molecule has 2 N–H and O–H groups in total. The predicted octanol–water partition coefficient (Wildman–Crippen LogP) is 3.97. The van der Waals surface area contributed by atoms with Crippen LogP contribution in [0.25, 0.3) is 0 Å². The molecule has 0 aliphatic heterocycles. The average Bonchev–Trinajstić information content (AvgIpc) is 3.15. The van der Waals surface area contributed by atoms with Gasteiger partial charge in [-0.1, -0.05) is 28.9 Å². The van der Waals surface area contributed by atoms with Gasteiger partial charge in [-0.05, 0) is 56.2 Å². The Hall–Kier alpha value is -0.540. The molecule has 0 radical (unpaired) electrons. The number of benzene rings is 1. The van der Waals surface area contributed by atoms with E-state index in [9.17, 15) is 0 Å². The minimum atomic E-state index is 0.209. The van der Waals surface area contributed by atoms with E-state index in [1.807, 2.05) is 0 Å². The number of anilines is 1. The van der Waals surface area contributed by atoms with Crippen molar-refractivity contribution in [2.75, 3.05) is 18.0 Å². The zero-order chi connectivity index (χ0) is 13.8. The van der Waals surface area contributed by atoms with Crippen molar-refractivity contribution in [2.45, 2.75) is 45.6 Å². The highest BCUT2D eigenvalue weighted by molar-refractivity contribution is 9.10. The molecule has 0 spiro atoms. The third-order valence-corrected chi connectivity index (χ3v) is 4.35. The summed E-state index contributed by atoms with van der Waals surface area (Å²) < 4.78 is 1.19. The van der Waals surface area contributed by atoms with Crippen molar-refractivity contribution in [3.05, 3.63) is 28.2 Å². The molecule has 1 fully saturated rings. The summed E-state index contributed by atoms with van der Waals surface area (Å²) in [6.45, 7) is 6.67. The first-order valence-corrected chi connectivity index (χ1v) is 8.18. The molecule has 2 nitrogen and oxygen atoms in total. The van der Waals surface area contributed by atoms with Gasteiger partial charge in [-0.25, -0.2) is 0 Å². The normalized spacial score (nSPS) is 16.4. The molecule has 0 aromatic heterocycles. The lowest BCUT2D eigenvalue weighted by molar-refractivity contribution is 0.706. The van der Waals surface area contributed by atoms with Gasteiger partial charge in [0.15, 0.2) is 0 Å². The van der Waals surface area contributed by atoms with Gasteiger partial charge in [0.05, 0.1) is 0 Å². The maximum atomic E-state index is 5.88. The first-order valence-electron chi connectivity index (χ1n) is 7.39. The van der Waals surface area contributed by atoms with Gasteiger partial charge in [0, 0.05) is 29.3 Å². The molecule has 106 valence electrons. The van der Waals surface area contributed by atoms with Crippen LogP contribution in [0, 0.1) is 5.92 Å². The smallest absolute Gasteiger partial charge is 0.0377 e. The van der Waals surface area contributed by atoms with E-state index < -0.39 is 0 Å². The molecule has 1 aliphatic carbocycles. The van der Waals surface area contributed by atoms with E-state index in [0.717, 1.165) is 18.9 Å². The second-order valence-electron chi connectivity index (χ2n) is 5.85. The van der Waals surface area contributed by atoms with Crippen LogP contribution >= 0.6 is 15.9 Å². The largest absolute Gasteiger partial charge is 0.371 e. The Balaban J connectivity index is 2.10. The number of rotatable bonds is 7. The van der Waals surface area contributed by atoms with Crippen LogP contribution < -0.4 is 10.6 Å². The van der Waals surface area contributed by atoms with Crippen molar-refractivity contribution in [2.24, 2.45) is 11.7 Å². The Bertz CT molecular complexity index is 413. The fourth-order valence-electron chi connectivity index (χ4n) is 2.45. The maximum absolute atomic E-state index is 5.88. The minimum Gasteiger partial charge on any atom is -0.371 e. The van der Waals surface area contributed by atoms with Crippen molar-refractivity contribution in [3.8, 4) is 0 Å². The first kappa shape index (κ1) is 14.9. The van der Waals surface area contributed by atoms with E-state index in [0.29, 0.717) is 0 Å². The number of nitrogens with two attached hydrogens (primary N) is 1. The highest BCUT2D eigenvalue weighted by Gasteiger charge is 2.24. The molecular formula is C16H25BrN2. The van der Waals surface area contributed by atoms with Crippen LogP contribution in [-0.2, 0) is 6.42 Å². The number of hydrogen-bond acceptors (Lipinski definition) is 2. The van der Waals surface area contributed by atoms with Gasteiger partial charge in [0.1, 0.15) is 0 Å². The summed E-state index contributed by atoms with van der Waals surface area (Å²) in [5, 5.41) is 0. The molecule has 0 amide bonds. The van der Waals surface area contributed by atoms with Gasteiger partial charge >= 0.3 is 0 Å². The van der Waals surface area contributed by atoms with E-state index in [1.54, 1.807) is 0 Å².